The van der Waals surface area contributed by atoms with E-state index in [0.717, 1.165) is 37.7 Å². The van der Waals surface area contributed by atoms with E-state index in [4.69, 9.17) is 4.74 Å². The van der Waals surface area contributed by atoms with Gasteiger partial charge in [-0.2, -0.15) is 0 Å². The van der Waals surface area contributed by atoms with E-state index in [-0.39, 0.29) is 16.6 Å². The summed E-state index contributed by atoms with van der Waals surface area (Å²) in [5.74, 6) is 1.05. The van der Waals surface area contributed by atoms with Crippen LogP contribution in [0, 0.1) is 11.3 Å². The Morgan fingerprint density at radius 2 is 2.00 bits per heavy atom. The van der Waals surface area contributed by atoms with Crippen molar-refractivity contribution >= 4 is 10.8 Å². The molecule has 5 aliphatic rings. The Kier molecular flexibility index (Phi) is 4.40. The molecule has 2 aromatic rings. The number of allylic oxidation sites excluding steroid dienone is 1. The molecule has 2 bridgehead atoms. The van der Waals surface area contributed by atoms with E-state index >= 15 is 0 Å². The predicted molar refractivity (Wildman–Crippen MR) is 135 cm³/mol. The Hall–Kier alpha value is -2.01. The van der Waals surface area contributed by atoms with E-state index in [1.54, 1.807) is 0 Å². The maximum atomic E-state index is 11.1. The molecule has 3 heterocycles. The second-order valence-electron chi connectivity index (χ2n) is 12.2. The van der Waals surface area contributed by atoms with Crippen LogP contribution in [0.4, 0.5) is 0 Å². The molecule has 3 fully saturated rings. The van der Waals surface area contributed by atoms with E-state index in [1.165, 1.54) is 34.8 Å². The van der Waals surface area contributed by atoms with E-state index in [1.807, 2.05) is 12.4 Å². The molecule has 1 aromatic carbocycles. The summed E-state index contributed by atoms with van der Waals surface area (Å²) in [5.41, 5.74) is 3.70. The summed E-state index contributed by atoms with van der Waals surface area (Å²) in [7, 11) is 4.28. The van der Waals surface area contributed by atoms with Gasteiger partial charge in [-0.25, -0.2) is 0 Å². The number of aliphatic hydroxyl groups is 1. The molecule has 178 valence electrons. The van der Waals surface area contributed by atoms with Gasteiger partial charge in [0.25, 0.3) is 0 Å². The molecule has 0 unspecified atom stereocenters. The number of aliphatic hydroxyl groups excluding tert-OH is 1. The predicted octanol–water partition coefficient (Wildman–Crippen LogP) is 5.38. The molecule has 1 aromatic heterocycles. The zero-order chi connectivity index (χ0) is 23.3. The van der Waals surface area contributed by atoms with Crippen molar-refractivity contribution in [2.24, 2.45) is 11.3 Å². The van der Waals surface area contributed by atoms with Gasteiger partial charge in [0.05, 0.1) is 17.3 Å². The second kappa shape index (κ2) is 7.02. The van der Waals surface area contributed by atoms with Gasteiger partial charge in [-0.3, -0.25) is 4.98 Å². The SMILES string of the molecule is CN(C)[C@@H]1C[C@H](O)C2=CC3=CC[C@]4(C)[C@@H](c5ccc6ccncc6c5)CC[C@H]4[C@@]34CC[C@]2(C1)O4. The molecule has 2 aliphatic heterocycles. The van der Waals surface area contributed by atoms with E-state index in [0.29, 0.717) is 17.9 Å². The van der Waals surface area contributed by atoms with Gasteiger partial charge in [0, 0.05) is 23.8 Å². The largest absolute Gasteiger partial charge is 0.389 e. The Morgan fingerprint density at radius 3 is 2.85 bits per heavy atom. The van der Waals surface area contributed by atoms with Crippen molar-refractivity contribution in [3.63, 3.8) is 0 Å². The van der Waals surface area contributed by atoms with Crippen molar-refractivity contribution in [2.75, 3.05) is 14.1 Å². The summed E-state index contributed by atoms with van der Waals surface area (Å²) >= 11 is 0. The first-order valence-electron chi connectivity index (χ1n) is 13.2. The maximum absolute atomic E-state index is 11.1. The monoisotopic (exact) mass is 456 g/mol. The standard InChI is InChI=1S/C30H36N2O2/c1-28-10-8-22-15-25-26(33)16-23(32(2)3)17-29(25)11-12-30(22,34-29)27(28)7-6-24(28)20-5-4-19-9-13-31-18-21(19)14-20/h4-5,8-9,13-15,18,23-24,26-27,33H,6-7,10-12,16-17H2,1-3H3/t23-,24-,26+,27-,28-,29-,30-/m1/s1. The summed E-state index contributed by atoms with van der Waals surface area (Å²) in [6.45, 7) is 2.52. The first-order chi connectivity index (χ1) is 16.3. The third kappa shape index (κ3) is 2.68. The number of hydrogen-bond donors (Lipinski definition) is 1. The second-order valence-corrected chi connectivity index (χ2v) is 12.2. The molecule has 34 heavy (non-hydrogen) atoms. The summed E-state index contributed by atoms with van der Waals surface area (Å²) in [4.78, 5) is 6.64. The number of benzene rings is 1. The number of pyridine rings is 1. The van der Waals surface area contributed by atoms with Crippen LogP contribution in [0.3, 0.4) is 0 Å². The quantitative estimate of drug-likeness (QED) is 0.659. The third-order valence-electron chi connectivity index (χ3n) is 10.5. The lowest BCUT2D eigenvalue weighted by atomic mass is 9.58. The Bertz CT molecular complexity index is 1230. The molecule has 1 N–H and O–H groups in total. The van der Waals surface area contributed by atoms with Crippen molar-refractivity contribution in [1.82, 2.24) is 9.88 Å². The molecule has 2 spiro atoms. The summed E-state index contributed by atoms with van der Waals surface area (Å²) in [6.07, 6.45) is 15.8. The van der Waals surface area contributed by atoms with Crippen LogP contribution in [0.15, 0.2) is 60.0 Å². The van der Waals surface area contributed by atoms with Crippen LogP contribution in [-0.4, -0.2) is 52.4 Å². The molecule has 0 radical (unpaired) electrons. The Labute approximate surface area is 202 Å². The van der Waals surface area contributed by atoms with Gasteiger partial charge < -0.3 is 14.7 Å². The number of rotatable bonds is 2. The van der Waals surface area contributed by atoms with Gasteiger partial charge in [0.1, 0.15) is 0 Å². The number of hydrogen-bond acceptors (Lipinski definition) is 4. The van der Waals surface area contributed by atoms with Gasteiger partial charge in [-0.15, -0.1) is 0 Å². The van der Waals surface area contributed by atoms with Gasteiger partial charge in [0.2, 0.25) is 0 Å². The molecule has 1 saturated heterocycles. The van der Waals surface area contributed by atoms with Crippen LogP contribution in [-0.2, 0) is 4.74 Å². The van der Waals surface area contributed by atoms with E-state index in [2.05, 4.69) is 67.3 Å². The van der Waals surface area contributed by atoms with Crippen LogP contribution < -0.4 is 0 Å². The van der Waals surface area contributed by atoms with Crippen molar-refractivity contribution in [3.05, 3.63) is 65.5 Å². The zero-order valence-electron chi connectivity index (χ0n) is 20.6. The Morgan fingerprint density at radius 1 is 1.12 bits per heavy atom. The fourth-order valence-corrected chi connectivity index (χ4v) is 8.73. The minimum Gasteiger partial charge on any atom is -0.389 e. The lowest BCUT2D eigenvalue weighted by Gasteiger charge is -2.55. The normalized spacial score (nSPS) is 42.7. The van der Waals surface area contributed by atoms with Crippen molar-refractivity contribution in [1.29, 1.82) is 0 Å². The van der Waals surface area contributed by atoms with Crippen LogP contribution in [0.5, 0.6) is 0 Å². The minimum absolute atomic E-state index is 0.183. The number of ether oxygens (including phenoxy) is 1. The number of fused-ring (bicyclic) bond motifs is 2. The first kappa shape index (κ1) is 21.3. The average molecular weight is 457 g/mol. The zero-order valence-corrected chi connectivity index (χ0v) is 20.6. The van der Waals surface area contributed by atoms with Gasteiger partial charge in [0.15, 0.2) is 0 Å². The molecule has 7 rings (SSSR count). The van der Waals surface area contributed by atoms with Gasteiger partial charge in [-0.1, -0.05) is 31.2 Å². The molecule has 4 nitrogen and oxygen atoms in total. The smallest absolute Gasteiger partial charge is 0.0975 e. The third-order valence-corrected chi connectivity index (χ3v) is 10.5. The molecular weight excluding hydrogens is 420 g/mol. The fraction of sp³-hybridized carbons (Fsp3) is 0.567. The molecule has 3 aliphatic carbocycles. The highest BCUT2D eigenvalue weighted by molar-refractivity contribution is 5.82. The minimum atomic E-state index is -0.394. The number of nitrogens with zero attached hydrogens (tertiary/aromatic N) is 2. The van der Waals surface area contributed by atoms with E-state index in [9.17, 15) is 5.11 Å². The van der Waals surface area contributed by atoms with Crippen LogP contribution >= 0.6 is 0 Å². The average Bonchev–Trinajstić information content (AvgIpc) is 3.34. The molecule has 2 saturated carbocycles. The van der Waals surface area contributed by atoms with Gasteiger partial charge >= 0.3 is 0 Å². The van der Waals surface area contributed by atoms with Crippen molar-refractivity contribution < 1.29 is 9.84 Å². The maximum Gasteiger partial charge on any atom is 0.0975 e. The highest BCUT2D eigenvalue weighted by Crippen LogP contribution is 2.69. The van der Waals surface area contributed by atoms with Gasteiger partial charge in [-0.05, 0) is 111 Å². The van der Waals surface area contributed by atoms with Crippen LogP contribution in [0.25, 0.3) is 10.8 Å². The number of aromatic nitrogens is 1. The molecule has 4 heteroatoms. The highest BCUT2D eigenvalue weighted by Gasteiger charge is 2.67. The fourth-order valence-electron chi connectivity index (χ4n) is 8.73. The highest BCUT2D eigenvalue weighted by atomic mass is 16.5. The Balaban J connectivity index is 1.29. The summed E-state index contributed by atoms with van der Waals surface area (Å²) < 4.78 is 7.33. The molecular formula is C30H36N2O2. The van der Waals surface area contributed by atoms with E-state index < -0.39 is 6.10 Å². The van der Waals surface area contributed by atoms with Crippen LogP contribution in [0.2, 0.25) is 0 Å². The summed E-state index contributed by atoms with van der Waals surface area (Å²) in [5, 5.41) is 13.6. The summed E-state index contributed by atoms with van der Waals surface area (Å²) in [6, 6.07) is 9.47. The van der Waals surface area contributed by atoms with Crippen LogP contribution in [0.1, 0.15) is 63.4 Å². The molecule has 7 atom stereocenters. The lowest BCUT2D eigenvalue weighted by molar-refractivity contribution is -0.148. The van der Waals surface area contributed by atoms with Crippen molar-refractivity contribution in [2.45, 2.75) is 81.1 Å². The van der Waals surface area contributed by atoms with Crippen molar-refractivity contribution in [3.8, 4) is 0 Å². The lowest BCUT2D eigenvalue weighted by Crippen LogP contribution is -2.57. The molecule has 0 amide bonds. The topological polar surface area (TPSA) is 45.6 Å². The first-order valence-corrected chi connectivity index (χ1v) is 13.2.